The summed E-state index contributed by atoms with van der Waals surface area (Å²) in [7, 11) is 0. The van der Waals surface area contributed by atoms with Crippen LogP contribution in [0.15, 0.2) is 28.1 Å². The normalized spacial score (nSPS) is 12.4. The molecule has 32 heavy (non-hydrogen) atoms. The zero-order chi connectivity index (χ0) is 24.2. The van der Waals surface area contributed by atoms with E-state index in [2.05, 4.69) is 43.7 Å². The van der Waals surface area contributed by atoms with Gasteiger partial charge in [0.1, 0.15) is 11.1 Å². The molecule has 0 N–H and O–H groups in total. The van der Waals surface area contributed by atoms with E-state index in [4.69, 9.17) is 12.8 Å². The molecule has 2 aromatic heterocycles. The predicted octanol–water partition coefficient (Wildman–Crippen LogP) is 3.73. The highest BCUT2D eigenvalue weighted by atomic mass is 79.9. The van der Waals surface area contributed by atoms with Gasteiger partial charge in [-0.05, 0) is 57.5 Å². The fraction of sp³-hybridized carbons (Fsp3) is 0.417. The van der Waals surface area contributed by atoms with Crippen LogP contribution in [0.5, 0.6) is 0 Å². The Morgan fingerprint density at radius 1 is 0.625 bits per heavy atom. The van der Waals surface area contributed by atoms with E-state index < -0.39 is 33.3 Å². The molecule has 1 aromatic carbocycles. The van der Waals surface area contributed by atoms with E-state index in [0.29, 0.717) is 25.7 Å². The summed E-state index contributed by atoms with van der Waals surface area (Å²) in [4.78, 5) is 53.8. The Morgan fingerprint density at radius 2 is 0.844 bits per heavy atom. The van der Waals surface area contributed by atoms with Crippen LogP contribution >= 0.6 is 31.9 Å². The lowest BCUT2D eigenvalue weighted by atomic mass is 9.93. The van der Waals surface area contributed by atoms with E-state index >= 15 is 0 Å². The molecule has 0 aliphatic carbocycles. The average Bonchev–Trinajstić information content (AvgIpc) is 3.22. The highest BCUT2D eigenvalue weighted by Crippen LogP contribution is 2.36. The van der Waals surface area contributed by atoms with Crippen LogP contribution in [0.3, 0.4) is 0 Å². The third-order valence-electron chi connectivity index (χ3n) is 6.78. The van der Waals surface area contributed by atoms with Crippen LogP contribution in [0.4, 0.5) is 0 Å². The van der Waals surface area contributed by atoms with Gasteiger partial charge >= 0.3 is 0 Å². The van der Waals surface area contributed by atoms with Gasteiger partial charge in [0.25, 0.3) is 22.2 Å². The van der Waals surface area contributed by atoms with Crippen molar-refractivity contribution in [3.63, 3.8) is 0 Å². The average molecular weight is 562 g/mol. The van der Waals surface area contributed by atoms with Crippen LogP contribution in [0.1, 0.15) is 53.4 Å². The maximum absolute atomic E-state index is 13.5. The Labute approximate surface area is 201 Å². The Hall–Kier alpha value is -2.42. The lowest BCUT2D eigenvalue weighted by molar-refractivity contribution is 0.346. The lowest BCUT2D eigenvalue weighted by Crippen LogP contribution is -2.44. The van der Waals surface area contributed by atoms with Gasteiger partial charge < -0.3 is 0 Å². The zero-order valence-corrected chi connectivity index (χ0v) is 21.4. The largest absolute Gasteiger partial charge is 0.268 e. The highest BCUT2D eigenvalue weighted by molar-refractivity contribution is 9.11. The van der Waals surface area contributed by atoms with Crippen LogP contribution in [-0.2, 0) is 11.1 Å². The van der Waals surface area contributed by atoms with Crippen molar-refractivity contribution in [2.75, 3.05) is 0 Å². The minimum Gasteiger partial charge on any atom is -0.268 e. The molecule has 3 aromatic rings. The maximum Gasteiger partial charge on any atom is 0.264 e. The van der Waals surface area contributed by atoms with Gasteiger partial charge in [-0.3, -0.25) is 28.3 Å². The SMILES string of the molecule is C#CC(CC)(CC)n1c(=O)c2c(Br)c3c(=O)n(C(C#C)(CC)CC)c(=O)c3c(Br)c2c1=O. The van der Waals surface area contributed by atoms with E-state index in [-0.39, 0.29) is 30.5 Å². The van der Waals surface area contributed by atoms with Crippen LogP contribution in [-0.4, -0.2) is 9.13 Å². The van der Waals surface area contributed by atoms with E-state index in [0.717, 1.165) is 9.13 Å². The lowest BCUT2D eigenvalue weighted by Gasteiger charge is -2.26. The summed E-state index contributed by atoms with van der Waals surface area (Å²) in [5.74, 6) is 5.21. The second kappa shape index (κ2) is 8.17. The van der Waals surface area contributed by atoms with Gasteiger partial charge in [-0.2, -0.15) is 0 Å². The summed E-state index contributed by atoms with van der Waals surface area (Å²) < 4.78 is 2.34. The van der Waals surface area contributed by atoms with Gasteiger partial charge in [0, 0.05) is 8.95 Å². The smallest absolute Gasteiger partial charge is 0.264 e. The summed E-state index contributed by atoms with van der Waals surface area (Å²) >= 11 is 6.70. The molecule has 166 valence electrons. The number of aromatic nitrogens is 2. The number of halogens is 2. The van der Waals surface area contributed by atoms with Crippen LogP contribution in [0.2, 0.25) is 0 Å². The number of benzene rings is 1. The minimum atomic E-state index is -1.11. The van der Waals surface area contributed by atoms with Gasteiger partial charge in [0.2, 0.25) is 0 Å². The molecule has 0 fully saturated rings. The Balaban J connectivity index is 2.68. The summed E-state index contributed by atoms with van der Waals surface area (Å²) in [5, 5.41) is 0.0721. The first-order chi connectivity index (χ1) is 15.1. The van der Waals surface area contributed by atoms with Gasteiger partial charge in [-0.25, -0.2) is 0 Å². The van der Waals surface area contributed by atoms with Gasteiger partial charge in [-0.1, -0.05) is 39.5 Å². The van der Waals surface area contributed by atoms with E-state index in [1.54, 1.807) is 27.7 Å². The Bertz CT molecular complexity index is 1350. The zero-order valence-electron chi connectivity index (χ0n) is 18.3. The molecular weight excluding hydrogens is 540 g/mol. The molecule has 0 amide bonds. The molecule has 2 heterocycles. The highest BCUT2D eigenvalue weighted by Gasteiger charge is 2.37. The minimum absolute atomic E-state index is 0.0180. The first-order valence-corrected chi connectivity index (χ1v) is 11.9. The molecule has 0 bridgehead atoms. The van der Waals surface area contributed by atoms with Crippen molar-refractivity contribution in [1.82, 2.24) is 9.13 Å². The molecule has 0 spiro atoms. The van der Waals surface area contributed by atoms with Gasteiger partial charge in [0.15, 0.2) is 0 Å². The van der Waals surface area contributed by atoms with Crippen molar-refractivity contribution in [3.8, 4) is 24.7 Å². The van der Waals surface area contributed by atoms with Crippen molar-refractivity contribution in [3.05, 3.63) is 50.4 Å². The number of nitrogens with zero attached hydrogens (tertiary/aromatic N) is 2. The second-order valence-corrected chi connectivity index (χ2v) is 9.37. The fourth-order valence-electron chi connectivity index (χ4n) is 4.57. The summed E-state index contributed by atoms with van der Waals surface area (Å²) in [5.41, 5.74) is -4.63. The second-order valence-electron chi connectivity index (χ2n) is 7.79. The summed E-state index contributed by atoms with van der Waals surface area (Å²) in [6.45, 7) is 7.21. The monoisotopic (exact) mass is 560 g/mol. The number of terminal acetylenes is 2. The third-order valence-corrected chi connectivity index (χ3v) is 8.36. The molecule has 8 heteroatoms. The van der Waals surface area contributed by atoms with E-state index in [1.807, 2.05) is 0 Å². The predicted molar refractivity (Wildman–Crippen MR) is 135 cm³/mol. The van der Waals surface area contributed by atoms with Crippen LogP contribution < -0.4 is 22.2 Å². The Kier molecular flexibility index (Phi) is 6.19. The first kappa shape index (κ1) is 24.2. The number of rotatable bonds is 6. The van der Waals surface area contributed by atoms with Crippen molar-refractivity contribution >= 4 is 53.4 Å². The number of hydrogen-bond acceptors (Lipinski definition) is 4. The molecular formula is C24H22Br2N2O4. The molecule has 0 unspecified atom stereocenters. The summed E-state index contributed by atoms with van der Waals surface area (Å²) in [6, 6.07) is 0. The molecule has 0 saturated heterocycles. The van der Waals surface area contributed by atoms with Crippen molar-refractivity contribution < 1.29 is 0 Å². The van der Waals surface area contributed by atoms with Crippen molar-refractivity contribution in [2.24, 2.45) is 0 Å². The molecule has 3 rings (SSSR count). The number of hydrogen-bond donors (Lipinski definition) is 0. The number of fused-ring (bicyclic) bond motifs is 2. The molecule has 0 radical (unpaired) electrons. The van der Waals surface area contributed by atoms with E-state index in [1.165, 1.54) is 0 Å². The molecule has 0 saturated carbocycles. The van der Waals surface area contributed by atoms with Crippen LogP contribution in [0, 0.1) is 24.7 Å². The Morgan fingerprint density at radius 3 is 1.00 bits per heavy atom. The fourth-order valence-corrected chi connectivity index (χ4v) is 6.04. The standard InChI is InChI=1S/C24H22Br2N2O4/c1-7-23(8-2,9-3)27-19(29)13-14(20(27)30)18(26)16-15(17(13)25)21(31)28(22(16)32)24(10-4,11-5)12-6/h1,4H,8-9,11-12H2,2-3,5-6H3. The van der Waals surface area contributed by atoms with Crippen molar-refractivity contribution in [2.45, 2.75) is 64.5 Å². The van der Waals surface area contributed by atoms with Crippen LogP contribution in [0.25, 0.3) is 21.5 Å². The molecule has 0 aliphatic rings. The maximum atomic E-state index is 13.5. The third kappa shape index (κ3) is 2.79. The quantitative estimate of drug-likeness (QED) is 0.430. The molecule has 0 aliphatic heterocycles. The van der Waals surface area contributed by atoms with E-state index in [9.17, 15) is 19.2 Å². The van der Waals surface area contributed by atoms with Crippen molar-refractivity contribution in [1.29, 1.82) is 0 Å². The summed E-state index contributed by atoms with van der Waals surface area (Å²) in [6.07, 6.45) is 12.9. The first-order valence-electron chi connectivity index (χ1n) is 10.4. The van der Waals surface area contributed by atoms with Gasteiger partial charge in [0.05, 0.1) is 21.5 Å². The molecule has 0 atom stereocenters. The molecule has 6 nitrogen and oxygen atoms in total. The topological polar surface area (TPSA) is 78.1 Å². The van der Waals surface area contributed by atoms with Gasteiger partial charge in [-0.15, -0.1) is 12.8 Å².